The first-order valence-corrected chi connectivity index (χ1v) is 21.8. The van der Waals surface area contributed by atoms with E-state index in [1.165, 1.54) is 29.0 Å². The number of fused-ring (bicyclic) bond motifs is 1. The molecule has 0 spiro atoms. The molecule has 0 saturated carbocycles. The zero-order valence-electron chi connectivity index (χ0n) is 34.6. The number of aromatic amines is 1. The average molecular weight is 864 g/mol. The number of aromatic nitrogens is 2. The average Bonchev–Trinajstić information content (AvgIpc) is 3.80. The minimum absolute atomic E-state index is 0.0684. The topological polar surface area (TPSA) is 177 Å². The predicted molar refractivity (Wildman–Crippen MR) is 243 cm³/mol. The van der Waals surface area contributed by atoms with E-state index in [0.717, 1.165) is 42.9 Å². The minimum Gasteiger partial charge on any atom is -0.506 e. The highest BCUT2D eigenvalue weighted by molar-refractivity contribution is 7.15. The second-order valence-corrected chi connectivity index (χ2v) is 17.0. The van der Waals surface area contributed by atoms with Crippen LogP contribution in [0.2, 0.25) is 0 Å². The third-order valence-electron chi connectivity index (χ3n) is 11.5. The number of ether oxygens (including phenoxy) is 1. The van der Waals surface area contributed by atoms with Crippen LogP contribution >= 0.6 is 11.3 Å². The van der Waals surface area contributed by atoms with Crippen molar-refractivity contribution in [2.24, 2.45) is 5.92 Å². The maximum atomic E-state index is 14.0. The van der Waals surface area contributed by atoms with E-state index in [2.05, 4.69) is 49.8 Å². The van der Waals surface area contributed by atoms with E-state index in [-0.39, 0.29) is 48.3 Å². The van der Waals surface area contributed by atoms with E-state index in [1.807, 2.05) is 30.3 Å². The number of rotatable bonds is 16. The lowest BCUT2D eigenvalue weighted by molar-refractivity contribution is -0.164. The molecule has 1 amide bonds. The third-order valence-corrected chi connectivity index (χ3v) is 12.6. The van der Waals surface area contributed by atoms with Crippen molar-refractivity contribution in [1.82, 2.24) is 25.5 Å². The molecular formula is C50H49N5O7S. The molecule has 13 heteroatoms. The second kappa shape index (κ2) is 19.7. The van der Waals surface area contributed by atoms with Crippen LogP contribution < -0.4 is 16.2 Å². The number of hydrogen-bond donors (Lipinski definition) is 6. The van der Waals surface area contributed by atoms with Crippen molar-refractivity contribution in [3.05, 3.63) is 188 Å². The first-order valence-electron chi connectivity index (χ1n) is 21.0. The molecule has 1 fully saturated rings. The summed E-state index contributed by atoms with van der Waals surface area (Å²) in [6.45, 7) is 3.87. The van der Waals surface area contributed by atoms with Crippen LogP contribution in [0.3, 0.4) is 0 Å². The molecule has 3 heterocycles. The van der Waals surface area contributed by atoms with Crippen molar-refractivity contribution in [1.29, 1.82) is 0 Å². The van der Waals surface area contributed by atoms with Crippen LogP contribution in [0.4, 0.5) is 0 Å². The molecule has 63 heavy (non-hydrogen) atoms. The van der Waals surface area contributed by atoms with Gasteiger partial charge in [0.15, 0.2) is 0 Å². The van der Waals surface area contributed by atoms with Gasteiger partial charge in [-0.15, -0.1) is 11.3 Å². The van der Waals surface area contributed by atoms with Gasteiger partial charge in [-0.05, 0) is 84.4 Å². The number of phenols is 1. The van der Waals surface area contributed by atoms with E-state index < -0.39 is 17.7 Å². The van der Waals surface area contributed by atoms with Gasteiger partial charge in [0, 0.05) is 58.9 Å². The Bertz CT molecular complexity index is 2720. The number of aromatic hydroxyl groups is 1. The molecule has 1 saturated heterocycles. The Labute approximate surface area is 368 Å². The number of likely N-dealkylation sites (tertiary alicyclic amines) is 1. The fraction of sp³-hybridized carbons (Fsp3) is 0.240. The number of aliphatic hydroxyl groups excluding tert-OH is 1. The zero-order valence-corrected chi connectivity index (χ0v) is 35.4. The number of carbonyl (C=O) groups is 2. The number of phenolic OH excluding ortho intramolecular Hbond substituents is 1. The number of amides is 1. The largest absolute Gasteiger partial charge is 0.506 e. The molecule has 5 aromatic carbocycles. The van der Waals surface area contributed by atoms with Crippen molar-refractivity contribution in [2.45, 2.75) is 44.2 Å². The number of pyridine rings is 1. The molecule has 12 nitrogen and oxygen atoms in total. The number of carbonyl (C=O) groups excluding carboxylic acids is 2. The molecule has 0 bridgehead atoms. The maximum Gasteiger partial charge on any atom is 0.347 e. The summed E-state index contributed by atoms with van der Waals surface area (Å²) in [5.41, 5.74) is 2.65. The summed E-state index contributed by atoms with van der Waals surface area (Å²) < 4.78 is 5.93. The lowest BCUT2D eigenvalue weighted by Gasteiger charge is -2.33. The molecule has 322 valence electrons. The Morgan fingerprint density at radius 1 is 0.857 bits per heavy atom. The molecular weight excluding hydrogens is 815 g/mol. The monoisotopic (exact) mass is 863 g/mol. The number of piperidine rings is 1. The van der Waals surface area contributed by atoms with Gasteiger partial charge in [0.1, 0.15) is 10.8 Å². The summed E-state index contributed by atoms with van der Waals surface area (Å²) in [6, 6.07) is 39.6. The summed E-state index contributed by atoms with van der Waals surface area (Å²) >= 11 is 1.41. The van der Waals surface area contributed by atoms with E-state index in [0.29, 0.717) is 44.8 Å². The normalized spacial score (nSPS) is 14.8. The Hall–Kier alpha value is -6.48. The van der Waals surface area contributed by atoms with E-state index in [9.17, 15) is 29.7 Å². The van der Waals surface area contributed by atoms with Crippen LogP contribution in [0.5, 0.6) is 5.75 Å². The number of thiazole rings is 1. The van der Waals surface area contributed by atoms with Crippen LogP contribution in [0.1, 0.15) is 62.0 Å². The van der Waals surface area contributed by atoms with Gasteiger partial charge in [0.2, 0.25) is 11.2 Å². The quantitative estimate of drug-likeness (QED) is 0.0567. The molecule has 0 unspecified atom stereocenters. The first-order chi connectivity index (χ1) is 30.6. The van der Waals surface area contributed by atoms with E-state index in [1.54, 1.807) is 72.9 Å². The molecule has 1 aliphatic rings. The van der Waals surface area contributed by atoms with Gasteiger partial charge in [-0.25, -0.2) is 9.78 Å². The van der Waals surface area contributed by atoms with Gasteiger partial charge in [-0.1, -0.05) is 97.1 Å². The summed E-state index contributed by atoms with van der Waals surface area (Å²) in [6.07, 6.45) is 2.62. The van der Waals surface area contributed by atoms with E-state index in [4.69, 9.17) is 4.74 Å². The van der Waals surface area contributed by atoms with Gasteiger partial charge in [0.05, 0.1) is 24.8 Å². The Morgan fingerprint density at radius 2 is 1.59 bits per heavy atom. The summed E-state index contributed by atoms with van der Waals surface area (Å²) in [5.74, 6) is -0.834. The highest BCUT2D eigenvalue weighted by atomic mass is 32.1. The SMILES string of the molecule is O=C(NCc1cnc(-c2cccc([C@](O)(C(=O)OCC3CCN(Cc4ccccc4)CC3)c3ccccc3)c2)s1)c1ccc(CNC[C@H](O)c2ccc(O)c3[nH]c(=O)ccc23)cc1. The lowest BCUT2D eigenvalue weighted by Crippen LogP contribution is -2.40. The van der Waals surface area contributed by atoms with Crippen molar-refractivity contribution in [2.75, 3.05) is 26.2 Å². The Kier molecular flexibility index (Phi) is 13.5. The van der Waals surface area contributed by atoms with Crippen molar-refractivity contribution < 1.29 is 29.6 Å². The molecule has 7 aromatic rings. The highest BCUT2D eigenvalue weighted by Gasteiger charge is 2.42. The van der Waals surface area contributed by atoms with Crippen LogP contribution in [0, 0.1) is 5.92 Å². The fourth-order valence-corrected chi connectivity index (χ4v) is 8.84. The second-order valence-electron chi connectivity index (χ2n) is 15.9. The lowest BCUT2D eigenvalue weighted by atomic mass is 9.85. The number of benzene rings is 5. The number of nitrogens with zero attached hydrogens (tertiary/aromatic N) is 2. The van der Waals surface area contributed by atoms with Crippen LogP contribution in [-0.4, -0.2) is 68.3 Å². The number of nitrogens with one attached hydrogen (secondary N) is 3. The van der Waals surface area contributed by atoms with Gasteiger partial charge in [-0.2, -0.15) is 0 Å². The smallest absolute Gasteiger partial charge is 0.347 e. The molecule has 6 N–H and O–H groups in total. The Balaban J connectivity index is 0.848. The van der Waals surface area contributed by atoms with Crippen molar-refractivity contribution in [3.8, 4) is 16.3 Å². The maximum absolute atomic E-state index is 14.0. The van der Waals surface area contributed by atoms with E-state index >= 15 is 0 Å². The van der Waals surface area contributed by atoms with Crippen LogP contribution in [0.25, 0.3) is 21.5 Å². The molecule has 2 aromatic heterocycles. The minimum atomic E-state index is -2.04. The number of H-pyrrole nitrogens is 1. The molecule has 8 rings (SSSR count). The molecule has 0 aliphatic carbocycles. The highest BCUT2D eigenvalue weighted by Crippen LogP contribution is 2.35. The van der Waals surface area contributed by atoms with Gasteiger partial charge >= 0.3 is 5.97 Å². The van der Waals surface area contributed by atoms with Crippen molar-refractivity contribution >= 4 is 34.1 Å². The third kappa shape index (κ3) is 10.3. The Morgan fingerprint density at radius 3 is 2.35 bits per heavy atom. The summed E-state index contributed by atoms with van der Waals surface area (Å²) in [4.78, 5) is 49.3. The van der Waals surface area contributed by atoms with Gasteiger partial charge in [-0.3, -0.25) is 14.5 Å². The van der Waals surface area contributed by atoms with Gasteiger partial charge in [0.25, 0.3) is 5.91 Å². The first kappa shape index (κ1) is 43.2. The molecule has 2 atom stereocenters. The van der Waals surface area contributed by atoms with Crippen LogP contribution in [-0.2, 0) is 34.8 Å². The van der Waals surface area contributed by atoms with Crippen LogP contribution in [0.15, 0.2) is 144 Å². The fourth-order valence-electron chi connectivity index (χ4n) is 7.99. The standard InChI is InChI=1S/C50H49N5O7S/c56-43-20-18-41(42-19-21-45(58)54-46(42)43)44(57)30-51-27-33-14-16-36(17-15-33)47(59)52-28-40-29-53-48(63-40)37-10-7-13-39(26-37)50(61,38-11-5-2-6-12-38)49(60)62-32-35-22-24-55(25-23-35)31-34-8-3-1-4-9-34/h1-21,26,29,35,44,51,56-57,61H,22-25,27-28,30-32H2,(H,52,59)(H,54,58)/t44-,50-/m0/s1. The number of hydrogen-bond acceptors (Lipinski definition) is 11. The number of aliphatic hydroxyl groups is 2. The zero-order chi connectivity index (χ0) is 43.8. The summed E-state index contributed by atoms with van der Waals surface area (Å²) in [7, 11) is 0. The molecule has 0 radical (unpaired) electrons. The number of esters is 1. The van der Waals surface area contributed by atoms with Gasteiger partial charge < -0.3 is 35.7 Å². The van der Waals surface area contributed by atoms with Crippen molar-refractivity contribution in [3.63, 3.8) is 0 Å². The molecule has 1 aliphatic heterocycles. The summed E-state index contributed by atoms with van der Waals surface area (Å²) in [5, 5.41) is 40.7. The predicted octanol–water partition coefficient (Wildman–Crippen LogP) is 6.80.